The number of pyridine rings is 1. The molecule has 0 fully saturated rings. The standard InChI is InChI=1S/C15H12F3N3O3S.2Na/c1-24-13-11(19-5-4-12(13)22)7-25(23)14-20-9-3-2-8(15(16,17)18)6-10(9)21-14;;/h2-6H,7H2,1H3,(H,19,22)(H,20,21);;. The molecule has 0 bridgehead atoms. The average Bonchev–Trinajstić information content (AvgIpc) is 2.97. The number of H-pyrrole nitrogens is 2. The van der Waals surface area contributed by atoms with E-state index >= 15 is 0 Å². The number of ether oxygens (including phenoxy) is 1. The summed E-state index contributed by atoms with van der Waals surface area (Å²) in [6.07, 6.45) is -3.08. The Kier molecular flexibility index (Phi) is 8.80. The maximum Gasteiger partial charge on any atom is 0.416 e. The van der Waals surface area contributed by atoms with Gasteiger partial charge in [-0.15, -0.1) is 0 Å². The van der Waals surface area contributed by atoms with Crippen molar-refractivity contribution < 1.29 is 22.1 Å². The van der Waals surface area contributed by atoms with Gasteiger partial charge in [0.15, 0.2) is 10.9 Å². The minimum Gasteiger partial charge on any atom is -0.491 e. The number of hydrogen-bond donors (Lipinski definition) is 2. The second kappa shape index (κ2) is 9.73. The second-order valence-corrected chi connectivity index (χ2v) is 6.48. The van der Waals surface area contributed by atoms with Crippen LogP contribution in [0.25, 0.3) is 11.0 Å². The Morgan fingerprint density at radius 3 is 2.56 bits per heavy atom. The Morgan fingerprint density at radius 1 is 1.22 bits per heavy atom. The molecule has 27 heavy (non-hydrogen) atoms. The number of rotatable bonds is 4. The number of alkyl halides is 3. The number of fused-ring (bicyclic) bond motifs is 1. The zero-order valence-electron chi connectivity index (χ0n) is 14.8. The van der Waals surface area contributed by atoms with Crippen molar-refractivity contribution in [2.45, 2.75) is 17.1 Å². The van der Waals surface area contributed by atoms with Crippen LogP contribution < -0.4 is 10.2 Å². The zero-order valence-corrected chi connectivity index (χ0v) is 19.6. The fourth-order valence-electron chi connectivity index (χ4n) is 2.31. The number of halogens is 3. The van der Waals surface area contributed by atoms with Gasteiger partial charge in [-0.05, 0) is 18.2 Å². The third kappa shape index (κ3) is 5.47. The molecule has 3 rings (SSSR count). The molecule has 0 amide bonds. The fraction of sp³-hybridized carbons (Fsp3) is 0.200. The van der Waals surface area contributed by atoms with Gasteiger partial charge in [-0.25, -0.2) is 4.98 Å². The molecule has 0 aliphatic carbocycles. The molecule has 0 aliphatic heterocycles. The number of aromatic nitrogens is 3. The Balaban J connectivity index is 0.00000182. The van der Waals surface area contributed by atoms with Gasteiger partial charge in [0.1, 0.15) is 0 Å². The minimum atomic E-state index is -4.48. The average molecular weight is 417 g/mol. The molecule has 0 spiro atoms. The molecular weight excluding hydrogens is 405 g/mol. The van der Waals surface area contributed by atoms with Gasteiger partial charge < -0.3 is 14.7 Å². The van der Waals surface area contributed by atoms with Gasteiger partial charge in [0.25, 0.3) is 0 Å². The van der Waals surface area contributed by atoms with Crippen molar-refractivity contribution in [1.82, 2.24) is 15.0 Å². The first-order valence-electron chi connectivity index (χ1n) is 6.99. The van der Waals surface area contributed by atoms with Crippen molar-refractivity contribution >= 4 is 80.9 Å². The van der Waals surface area contributed by atoms with E-state index in [9.17, 15) is 22.2 Å². The van der Waals surface area contributed by atoms with Gasteiger partial charge >= 0.3 is 6.18 Å². The summed E-state index contributed by atoms with van der Waals surface area (Å²) in [5.74, 6) is -0.0723. The second-order valence-electron chi connectivity index (χ2n) is 5.12. The molecule has 6 nitrogen and oxygen atoms in total. The smallest absolute Gasteiger partial charge is 0.416 e. The third-order valence-corrected chi connectivity index (χ3v) is 4.65. The Labute approximate surface area is 198 Å². The van der Waals surface area contributed by atoms with Crippen molar-refractivity contribution in [1.29, 1.82) is 0 Å². The number of imidazole rings is 1. The summed E-state index contributed by atoms with van der Waals surface area (Å²) in [5.41, 5.74) is -0.482. The molecule has 1 aromatic carbocycles. The predicted molar refractivity (Wildman–Crippen MR) is 96.3 cm³/mol. The van der Waals surface area contributed by atoms with Crippen LogP contribution in [0.5, 0.6) is 5.75 Å². The first-order valence-corrected chi connectivity index (χ1v) is 8.31. The van der Waals surface area contributed by atoms with Crippen LogP contribution in [0, 0.1) is 0 Å². The first-order chi connectivity index (χ1) is 11.8. The SMILES string of the molecule is COc1c(CS(=O)c2nc3ccc(C(F)(F)F)cc3[nH]2)[nH]ccc1=O.[Na].[Na]. The van der Waals surface area contributed by atoms with Gasteiger partial charge in [0.05, 0.1) is 46.0 Å². The molecule has 1 atom stereocenters. The van der Waals surface area contributed by atoms with Crippen LogP contribution in [-0.2, 0) is 22.7 Å². The van der Waals surface area contributed by atoms with E-state index in [1.807, 2.05) is 0 Å². The van der Waals surface area contributed by atoms with Crippen LogP contribution in [0.4, 0.5) is 13.2 Å². The normalized spacial score (nSPS) is 12.1. The molecular formula is C15H12F3N3Na2O3S. The zero-order chi connectivity index (χ0) is 18.2. The topological polar surface area (TPSA) is 87.8 Å². The minimum absolute atomic E-state index is 0. The van der Waals surface area contributed by atoms with Crippen LogP contribution >= 0.6 is 0 Å². The first kappa shape index (κ1) is 24.4. The summed E-state index contributed by atoms with van der Waals surface area (Å²) in [4.78, 5) is 21.2. The molecule has 134 valence electrons. The summed E-state index contributed by atoms with van der Waals surface area (Å²) in [5, 5.41) is 0.0149. The maximum absolute atomic E-state index is 12.7. The van der Waals surface area contributed by atoms with Crippen molar-refractivity contribution in [3.63, 3.8) is 0 Å². The number of benzene rings is 1. The molecule has 12 heteroatoms. The van der Waals surface area contributed by atoms with Crippen LogP contribution in [0.15, 0.2) is 40.4 Å². The molecule has 2 heterocycles. The van der Waals surface area contributed by atoms with Crippen LogP contribution in [0.2, 0.25) is 0 Å². The number of aromatic amines is 2. The predicted octanol–water partition coefficient (Wildman–Crippen LogP) is 1.82. The van der Waals surface area contributed by atoms with Crippen LogP contribution in [-0.4, -0.2) is 85.4 Å². The number of nitrogens with zero attached hydrogens (tertiary/aromatic N) is 1. The van der Waals surface area contributed by atoms with Gasteiger partial charge in [0.2, 0.25) is 5.43 Å². The summed E-state index contributed by atoms with van der Waals surface area (Å²) in [6.45, 7) is 0. The van der Waals surface area contributed by atoms with E-state index in [2.05, 4.69) is 15.0 Å². The summed E-state index contributed by atoms with van der Waals surface area (Å²) in [7, 11) is -0.397. The molecule has 2 aromatic heterocycles. The molecule has 3 aromatic rings. The molecule has 2 radical (unpaired) electrons. The maximum atomic E-state index is 12.7. The Morgan fingerprint density at radius 2 is 1.93 bits per heavy atom. The van der Waals surface area contributed by atoms with E-state index in [1.54, 1.807) is 0 Å². The number of hydrogen-bond acceptors (Lipinski definition) is 4. The van der Waals surface area contributed by atoms with E-state index < -0.39 is 22.5 Å². The van der Waals surface area contributed by atoms with E-state index in [1.165, 1.54) is 25.4 Å². The Hall–Kier alpha value is -0.620. The van der Waals surface area contributed by atoms with E-state index in [0.717, 1.165) is 12.1 Å². The van der Waals surface area contributed by atoms with Crippen LogP contribution in [0.1, 0.15) is 11.3 Å². The molecule has 1 unspecified atom stereocenters. The van der Waals surface area contributed by atoms with Crippen molar-refractivity contribution in [2.24, 2.45) is 0 Å². The summed E-state index contributed by atoms with van der Waals surface area (Å²) >= 11 is 0. The van der Waals surface area contributed by atoms with Gasteiger partial charge in [0, 0.05) is 71.4 Å². The largest absolute Gasteiger partial charge is 0.491 e. The monoisotopic (exact) mass is 417 g/mol. The molecule has 0 saturated heterocycles. The number of methoxy groups -OCH3 is 1. The van der Waals surface area contributed by atoms with Crippen molar-refractivity contribution in [2.75, 3.05) is 7.11 Å². The van der Waals surface area contributed by atoms with E-state index in [0.29, 0.717) is 5.69 Å². The van der Waals surface area contributed by atoms with Crippen LogP contribution in [0.3, 0.4) is 0 Å². The summed E-state index contributed by atoms with van der Waals surface area (Å²) in [6, 6.07) is 4.30. The van der Waals surface area contributed by atoms with E-state index in [4.69, 9.17) is 4.74 Å². The quantitative estimate of drug-likeness (QED) is 0.634. The Bertz CT molecular complexity index is 1020. The number of nitrogens with one attached hydrogen (secondary N) is 2. The van der Waals surface area contributed by atoms with Gasteiger partial charge in [-0.2, -0.15) is 13.2 Å². The fourth-order valence-corrected chi connectivity index (χ4v) is 3.35. The van der Waals surface area contributed by atoms with E-state index in [-0.39, 0.29) is 92.2 Å². The van der Waals surface area contributed by atoms with Crippen molar-refractivity contribution in [3.05, 3.63) is 51.9 Å². The van der Waals surface area contributed by atoms with Crippen molar-refractivity contribution in [3.8, 4) is 5.75 Å². The van der Waals surface area contributed by atoms with Gasteiger partial charge in [-0.3, -0.25) is 9.00 Å². The molecule has 0 saturated carbocycles. The van der Waals surface area contributed by atoms with Gasteiger partial charge in [-0.1, -0.05) is 0 Å². The molecule has 2 N–H and O–H groups in total. The summed E-state index contributed by atoms with van der Waals surface area (Å²) < 4.78 is 55.7. The molecule has 0 aliphatic rings. The third-order valence-electron chi connectivity index (χ3n) is 3.47.